The molecule has 2 bridgehead atoms. The Morgan fingerprint density at radius 3 is 1.73 bits per heavy atom. The number of ether oxygens (including phenoxy) is 2. The van der Waals surface area contributed by atoms with Crippen molar-refractivity contribution in [3.63, 3.8) is 0 Å². The van der Waals surface area contributed by atoms with Gasteiger partial charge in [-0.3, -0.25) is 0 Å². The third-order valence-electron chi connectivity index (χ3n) is 11.3. The Balaban J connectivity index is 2.15. The zero-order chi connectivity index (χ0) is 45.8. The first-order valence-corrected chi connectivity index (χ1v) is 69.5. The van der Waals surface area contributed by atoms with Crippen LogP contribution in [0.15, 0.2) is 11.1 Å². The molecule has 0 aromatic rings. The number of rotatable bonds is 18. The average Bonchev–Trinajstić information content (AvgIpc) is 3.44. The molecule has 3 fully saturated rings. The number of hydrogen-bond donors (Lipinski definition) is 3. The van der Waals surface area contributed by atoms with Gasteiger partial charge in [0.2, 0.25) is 0 Å². The van der Waals surface area contributed by atoms with Crippen LogP contribution in [0.5, 0.6) is 0 Å². The number of fused-ring (bicyclic) bond motifs is 3. The van der Waals surface area contributed by atoms with E-state index in [0.717, 1.165) is 11.1 Å². The molecule has 9 nitrogen and oxygen atoms in total. The Labute approximate surface area is 412 Å². The van der Waals surface area contributed by atoms with E-state index in [4.69, 9.17) is 23.0 Å². The smallest absolute Gasteiger partial charge is 0.426 e. The van der Waals surface area contributed by atoms with Crippen LogP contribution in [-0.4, -0.2) is 69.8 Å². The summed E-state index contributed by atoms with van der Waals surface area (Å²) in [6.07, 6.45) is -3.95. The molecular weight excluding hydrogens is 1330 g/mol. The fourth-order valence-electron chi connectivity index (χ4n) is 8.77. The molecule has 1 aliphatic heterocycles. The van der Waals surface area contributed by atoms with Crippen molar-refractivity contribution < 1.29 is 43.2 Å². The Kier molecular flexibility index (Phi) is 29.4. The fraction of sp³-hybridized carbons (Fsp3) is 0.857. The van der Waals surface area contributed by atoms with Gasteiger partial charge < -0.3 is 38.4 Å². The lowest BCUT2D eigenvalue weighted by molar-refractivity contribution is -0.268. The highest BCUT2D eigenvalue weighted by molar-refractivity contribution is 9.19. The van der Waals surface area contributed by atoms with Crippen LogP contribution in [0.1, 0.15) is 47.0 Å². The topological polar surface area (TPSA) is 124 Å². The summed E-state index contributed by atoms with van der Waals surface area (Å²) in [6.45, 7) is 2.24. The van der Waals surface area contributed by atoms with Crippen molar-refractivity contribution in [3.8, 4) is 0 Å². The average molecular weight is 1390 g/mol. The molecule has 28 unspecified atom stereocenters. The summed E-state index contributed by atoms with van der Waals surface area (Å²) in [5.41, 5.74) is -3.09. The minimum Gasteiger partial charge on any atom is -0.426 e. The largest absolute Gasteiger partial charge is 0.509 e. The van der Waals surface area contributed by atoms with E-state index in [9.17, 15) is 20.1 Å². The maximum absolute atomic E-state index is 14.1. The Morgan fingerprint density at radius 2 is 1.28 bits per heavy atom. The van der Waals surface area contributed by atoms with Gasteiger partial charge in [-0.25, -0.2) is 4.79 Å². The predicted octanol–water partition coefficient (Wildman–Crippen LogP) is 18.1. The van der Waals surface area contributed by atoms with Crippen LogP contribution in [0.25, 0.3) is 0 Å². The van der Waals surface area contributed by atoms with Crippen LogP contribution in [0.4, 0.5) is 4.79 Å². The quantitative estimate of drug-likeness (QED) is 0.0699. The van der Waals surface area contributed by atoms with E-state index in [1.54, 1.807) is 0 Å². The molecule has 4 aliphatic rings. The molecule has 60 heavy (non-hydrogen) atoms. The van der Waals surface area contributed by atoms with Crippen LogP contribution in [0.3, 0.4) is 0 Å². The molecule has 39 heteroatoms. The molecule has 1 saturated heterocycles. The predicted molar refractivity (Wildman–Crippen MR) is 352 cm³/mol. The third-order valence-corrected chi connectivity index (χ3v) is 152. The summed E-state index contributed by atoms with van der Waals surface area (Å²) >= 11 is 0. The standard InChI is InChI=1S/C21H62O9P30/c1-9-10(28-50(58(46)54(38)39)60(56(42)43)57(44)45)7-21-16(26-17(24)27-21)15-19(4,13(5-12(23)20(15,25)8-22)30-48(51(32)33)52(34)35)6-11(14(9)18(21,2)3)29-49(53(36)37)59(47-31)55(40)41/h10-13,15-16,22-23,25,47H,5-8,31-46H2,1-4H3/t10?,11?,12?,13?,15?,16?,19-,20+,21?,49?,50?,58?,59?/m1/s1. The second-order valence-electron chi connectivity index (χ2n) is 15.0. The molecule has 0 radical (unpaired) electrons. The van der Waals surface area contributed by atoms with E-state index in [-0.39, 0.29) is 6.42 Å². The Hall–Kier alpha value is 11.7. The second kappa shape index (κ2) is 27.5. The van der Waals surface area contributed by atoms with Gasteiger partial charge in [-0.15, -0.1) is 134 Å². The summed E-state index contributed by atoms with van der Waals surface area (Å²) in [5.74, 6) is -0.993. The molecule has 0 amide bonds. The van der Waals surface area contributed by atoms with Gasteiger partial charge in [0, 0.05) is 50.6 Å². The summed E-state index contributed by atoms with van der Waals surface area (Å²) in [7, 11) is 46.5. The van der Waals surface area contributed by atoms with Gasteiger partial charge >= 0.3 is 6.16 Å². The lowest BCUT2D eigenvalue weighted by Crippen LogP contribution is -2.74. The van der Waals surface area contributed by atoms with Crippen molar-refractivity contribution in [2.75, 3.05) is 6.61 Å². The maximum Gasteiger partial charge on any atom is 0.509 e. The maximum atomic E-state index is 14.1. The van der Waals surface area contributed by atoms with Gasteiger partial charge in [-0.1, -0.05) is 37.7 Å². The first-order chi connectivity index (χ1) is 27.6. The van der Waals surface area contributed by atoms with Crippen molar-refractivity contribution in [2.24, 2.45) is 16.7 Å². The molecule has 2 saturated carbocycles. The minimum atomic E-state index is -2.05. The molecule has 350 valence electrons. The zero-order valence-corrected chi connectivity index (χ0v) is 64.2. The molecule has 0 aromatic carbocycles. The number of carbonyl (C=O) groups excluding carboxylic acids is 1. The van der Waals surface area contributed by atoms with E-state index in [0.29, 0.717) is 20.8 Å². The zero-order valence-electron chi connectivity index (χ0n) is 33.1. The van der Waals surface area contributed by atoms with E-state index in [1.807, 2.05) is 0 Å². The van der Waals surface area contributed by atoms with Gasteiger partial charge in [0.05, 0.1) is 53.6 Å². The highest BCUT2D eigenvalue weighted by Crippen LogP contribution is 3.18. The first-order valence-electron chi connectivity index (χ1n) is 17.3. The van der Waals surface area contributed by atoms with E-state index in [2.05, 4.69) is 171 Å². The monoisotopic (exact) mass is 1390 g/mol. The van der Waals surface area contributed by atoms with Gasteiger partial charge in [0.1, 0.15) is 5.60 Å². The van der Waals surface area contributed by atoms with Crippen molar-refractivity contribution in [1.29, 1.82) is 0 Å². The molecule has 4 rings (SSSR count). The van der Waals surface area contributed by atoms with Crippen LogP contribution in [0.2, 0.25) is 0 Å². The Bertz CT molecular complexity index is 1500. The second-order valence-corrected chi connectivity index (χ2v) is 122. The molecular formula is C21H62O9P30. The van der Waals surface area contributed by atoms with Crippen molar-refractivity contribution in [3.05, 3.63) is 11.1 Å². The minimum absolute atomic E-state index is 0.101. The molecule has 3 aliphatic carbocycles. The van der Waals surface area contributed by atoms with Gasteiger partial charge in [0.25, 0.3) is 0 Å². The summed E-state index contributed by atoms with van der Waals surface area (Å²) in [5, 5.41) is 36.4. The third kappa shape index (κ3) is 14.1. The number of carbonyl (C=O) groups is 1. The first kappa shape index (κ1) is 64.2. The van der Waals surface area contributed by atoms with Gasteiger partial charge in [-0.05, 0) is 73.4 Å². The summed E-state index contributed by atoms with van der Waals surface area (Å²) in [6, 6.07) is 0. The van der Waals surface area contributed by atoms with Crippen molar-refractivity contribution in [2.45, 2.75) is 88.7 Å². The SMILES string of the molecule is CC1=C2C(OP(P(P)P)P(PP)P(P)P)C[C@]3(C)C(OP(P(P)P)P(P)P)CC(O)[C@@](O)(CO)C3C3OC(=O)OC3(CC1OP(P(P)P(P)P)P(P(P)P)P(P)P)C2(C)C. The lowest BCUT2D eigenvalue weighted by atomic mass is 9.46. The highest BCUT2D eigenvalue weighted by atomic mass is 33.2. The molecule has 3 N–H and O–H groups in total. The van der Waals surface area contributed by atoms with E-state index < -0.39 is 164 Å². The molecule has 1 spiro atoms. The molecule has 0 aromatic heterocycles. The van der Waals surface area contributed by atoms with Crippen LogP contribution in [0, 0.1) is 16.7 Å². The van der Waals surface area contributed by atoms with Crippen LogP contribution >= 0.6 is 243 Å². The summed E-state index contributed by atoms with van der Waals surface area (Å²) < 4.78 is 36.0. The number of aliphatic hydroxyl groups is 3. The Morgan fingerprint density at radius 1 is 0.750 bits per heavy atom. The highest BCUT2D eigenvalue weighted by Gasteiger charge is 2.76. The van der Waals surface area contributed by atoms with E-state index >= 15 is 0 Å². The van der Waals surface area contributed by atoms with Gasteiger partial charge in [-0.2, -0.15) is 0 Å². The van der Waals surface area contributed by atoms with Crippen LogP contribution in [-0.2, 0) is 23.0 Å². The molecule has 1 heterocycles. The van der Waals surface area contributed by atoms with Crippen LogP contribution < -0.4 is 0 Å². The molecule has 30 atom stereocenters. The number of aliphatic hydroxyl groups excluding tert-OH is 2. The lowest BCUT2D eigenvalue weighted by Gasteiger charge is -2.64. The summed E-state index contributed by atoms with van der Waals surface area (Å²) in [4.78, 5) is 14.1. The van der Waals surface area contributed by atoms with Gasteiger partial charge in [0.15, 0.2) is 11.7 Å². The normalized spacial score (nSPS) is 35.6. The van der Waals surface area contributed by atoms with Crippen molar-refractivity contribution in [1.82, 2.24) is 0 Å². The number of hydrogen-bond acceptors (Lipinski definition) is 9. The van der Waals surface area contributed by atoms with E-state index in [1.165, 1.54) is 0 Å². The fourth-order valence-corrected chi connectivity index (χ4v) is 204. The van der Waals surface area contributed by atoms with Crippen molar-refractivity contribution >= 4 is 249 Å².